The molecule has 0 saturated carbocycles. The van der Waals surface area contributed by atoms with E-state index in [9.17, 15) is 12.9 Å². The highest BCUT2D eigenvalue weighted by Gasteiger charge is 2.27. The Morgan fingerprint density at radius 1 is 1.44 bits per heavy atom. The van der Waals surface area contributed by atoms with Crippen LogP contribution in [0, 0.1) is 6.92 Å². The van der Waals surface area contributed by atoms with Gasteiger partial charge in [-0.2, -0.15) is 0 Å². The van der Waals surface area contributed by atoms with Crippen molar-refractivity contribution in [3.8, 4) is 5.75 Å². The van der Waals surface area contributed by atoms with Gasteiger partial charge in [-0.1, -0.05) is 17.7 Å². The summed E-state index contributed by atoms with van der Waals surface area (Å²) in [6, 6.07) is 4.87. The summed E-state index contributed by atoms with van der Waals surface area (Å²) in [7, 11) is 0. The van der Waals surface area contributed by atoms with E-state index in [1.54, 1.807) is 12.1 Å². The molecule has 0 radical (unpaired) electrons. The van der Waals surface area contributed by atoms with Crippen LogP contribution in [0.5, 0.6) is 5.75 Å². The highest BCUT2D eigenvalue weighted by molar-refractivity contribution is 6.66. The van der Waals surface area contributed by atoms with Crippen molar-refractivity contribution in [2.24, 2.45) is 0 Å². The fourth-order valence-electron chi connectivity index (χ4n) is 0.988. The van der Waals surface area contributed by atoms with Crippen LogP contribution >= 0.6 is 11.6 Å². The van der Waals surface area contributed by atoms with Gasteiger partial charge in [0.1, 0.15) is 5.75 Å². The molecule has 16 heavy (non-hydrogen) atoms. The van der Waals surface area contributed by atoms with Crippen molar-refractivity contribution in [2.75, 3.05) is 6.61 Å². The first-order chi connectivity index (χ1) is 7.30. The number of hydrogen-bond acceptors (Lipinski definition) is 1. The second-order valence-corrected chi connectivity index (χ2v) is 3.86. The Labute approximate surface area is 96.9 Å². The minimum absolute atomic E-state index is 0.230. The lowest BCUT2D eigenvalue weighted by Gasteiger charge is -2.18. The van der Waals surface area contributed by atoms with Crippen LogP contribution in [0.15, 0.2) is 30.3 Å². The molecule has 1 aromatic carbocycles. The van der Waals surface area contributed by atoms with E-state index in [4.69, 9.17) is 16.3 Å². The van der Waals surface area contributed by atoms with Crippen LogP contribution in [0.25, 0.3) is 0 Å². The Balaban J connectivity index is 2.65. The fraction of sp³-hybridized carbons (Fsp3) is 0.200. The summed E-state index contributed by atoms with van der Waals surface area (Å²) in [6.07, 6.45) is 0. The second-order valence-electron chi connectivity index (χ2n) is 3.46. The number of rotatable bonds is 4. The van der Waals surface area contributed by atoms with Gasteiger partial charge in [-0.25, -0.2) is 0 Å². The van der Waals surface area contributed by atoms with E-state index in [2.05, 4.69) is 6.58 Å². The summed E-state index contributed by atoms with van der Waals surface area (Å²) in [5.74, 6) is 0.230. The van der Waals surface area contributed by atoms with Crippen LogP contribution in [0.3, 0.4) is 0 Å². The molecule has 1 nitrogen and oxygen atoms in total. The van der Waals surface area contributed by atoms with E-state index < -0.39 is 19.1 Å². The van der Waals surface area contributed by atoms with Crippen LogP contribution in [-0.2, 0) is 0 Å². The first-order valence-corrected chi connectivity index (χ1v) is 4.95. The Morgan fingerprint density at radius 2 is 2.06 bits per heavy atom. The van der Waals surface area contributed by atoms with Gasteiger partial charge in [0.05, 0.1) is 11.6 Å². The van der Waals surface area contributed by atoms with Gasteiger partial charge in [-0.05, 0) is 24.6 Å². The average molecular weight is 249 g/mol. The molecule has 88 valence electrons. The van der Waals surface area contributed by atoms with Crippen molar-refractivity contribution >= 4 is 18.6 Å². The fourth-order valence-corrected chi connectivity index (χ4v) is 1.28. The second kappa shape index (κ2) is 4.83. The predicted molar refractivity (Wildman–Crippen MR) is 59.9 cm³/mol. The summed E-state index contributed by atoms with van der Waals surface area (Å²) in [4.78, 5) is 0. The third-order valence-electron chi connectivity index (χ3n) is 1.96. The third kappa shape index (κ3) is 3.49. The highest BCUT2D eigenvalue weighted by Crippen LogP contribution is 2.26. The van der Waals surface area contributed by atoms with Crippen LogP contribution in [-0.4, -0.2) is 13.6 Å². The average Bonchev–Trinajstić information content (AvgIpc) is 2.14. The first kappa shape index (κ1) is 13.0. The Bertz CT molecular complexity index is 404. The molecule has 0 aliphatic heterocycles. The van der Waals surface area contributed by atoms with Crippen molar-refractivity contribution in [3.05, 3.63) is 40.8 Å². The Hall–Kier alpha value is -1.10. The zero-order valence-electron chi connectivity index (χ0n) is 8.64. The van der Waals surface area contributed by atoms with Gasteiger partial charge in [0, 0.05) is 0 Å². The number of benzene rings is 1. The summed E-state index contributed by atoms with van der Waals surface area (Å²) >= 11 is 5.80. The molecule has 1 rings (SSSR count). The Kier molecular flexibility index (Phi) is 3.91. The van der Waals surface area contributed by atoms with Gasteiger partial charge < -0.3 is 17.7 Å². The van der Waals surface area contributed by atoms with Crippen molar-refractivity contribution in [1.29, 1.82) is 0 Å². The standard InChI is InChI=1S/C10H10BClF3O/c1-7-3-4-10(9(12)5-7)16-6-8(2)11(13,14)15/h3-5H,2,6H2,1H3/q-1. The molecule has 0 aliphatic carbocycles. The third-order valence-corrected chi connectivity index (χ3v) is 2.26. The lowest BCUT2D eigenvalue weighted by atomic mass is 9.81. The first-order valence-electron chi connectivity index (χ1n) is 4.57. The summed E-state index contributed by atoms with van der Waals surface area (Å²) in [6.45, 7) is -0.892. The Morgan fingerprint density at radius 3 is 2.56 bits per heavy atom. The maximum absolute atomic E-state index is 12.2. The molecule has 0 aromatic heterocycles. The van der Waals surface area contributed by atoms with Crippen molar-refractivity contribution in [3.63, 3.8) is 0 Å². The quantitative estimate of drug-likeness (QED) is 0.734. The van der Waals surface area contributed by atoms with Crippen LogP contribution in [0.1, 0.15) is 5.56 Å². The number of hydrogen-bond donors (Lipinski definition) is 0. The van der Waals surface area contributed by atoms with Gasteiger partial charge in [0.15, 0.2) is 0 Å². The molecular formula is C10H10BClF3O-. The molecule has 1 aromatic rings. The largest absolute Gasteiger partial charge is 0.508 e. The van der Waals surface area contributed by atoms with Gasteiger partial charge in [-0.15, -0.1) is 12.1 Å². The zero-order valence-corrected chi connectivity index (χ0v) is 9.40. The van der Waals surface area contributed by atoms with Crippen LogP contribution < -0.4 is 4.74 Å². The van der Waals surface area contributed by atoms with E-state index >= 15 is 0 Å². The molecular weight excluding hydrogens is 239 g/mol. The number of halogens is 4. The zero-order chi connectivity index (χ0) is 12.3. The van der Waals surface area contributed by atoms with E-state index in [0.29, 0.717) is 5.02 Å². The number of ether oxygens (including phenoxy) is 1. The maximum Gasteiger partial charge on any atom is 0.508 e. The monoisotopic (exact) mass is 249 g/mol. The molecule has 6 heteroatoms. The topological polar surface area (TPSA) is 9.23 Å². The van der Waals surface area contributed by atoms with Gasteiger partial charge >= 0.3 is 6.98 Å². The molecule has 0 amide bonds. The molecule has 0 heterocycles. The van der Waals surface area contributed by atoms with E-state index in [0.717, 1.165) is 5.56 Å². The molecule has 0 spiro atoms. The molecule has 0 aliphatic rings. The molecule has 0 atom stereocenters. The van der Waals surface area contributed by atoms with Gasteiger partial charge in [0.25, 0.3) is 0 Å². The summed E-state index contributed by atoms with van der Waals surface area (Å²) in [5.41, 5.74) is 0.0351. The van der Waals surface area contributed by atoms with Gasteiger partial charge in [-0.3, -0.25) is 0 Å². The van der Waals surface area contributed by atoms with E-state index in [1.807, 2.05) is 6.92 Å². The normalized spacial score (nSPS) is 11.3. The molecule has 0 N–H and O–H groups in total. The van der Waals surface area contributed by atoms with Gasteiger partial charge in [0.2, 0.25) is 0 Å². The molecule has 0 fully saturated rings. The minimum Gasteiger partial charge on any atom is -0.491 e. The summed E-state index contributed by atoms with van der Waals surface area (Å²) < 4.78 is 41.4. The SMILES string of the molecule is C=C(COc1ccc(C)cc1Cl)[B-](F)(F)F. The van der Waals surface area contributed by atoms with E-state index in [1.165, 1.54) is 6.07 Å². The lowest BCUT2D eigenvalue weighted by Crippen LogP contribution is -2.23. The molecule has 0 saturated heterocycles. The maximum atomic E-state index is 12.2. The minimum atomic E-state index is -5.05. The lowest BCUT2D eigenvalue weighted by molar-refractivity contribution is 0.347. The van der Waals surface area contributed by atoms with Crippen LogP contribution in [0.4, 0.5) is 12.9 Å². The van der Waals surface area contributed by atoms with Crippen molar-refractivity contribution < 1.29 is 17.7 Å². The number of aryl methyl sites for hydroxylation is 1. The smallest absolute Gasteiger partial charge is 0.491 e. The summed E-state index contributed by atoms with van der Waals surface area (Å²) in [5, 5.41) is 0.294. The van der Waals surface area contributed by atoms with Crippen LogP contribution in [0.2, 0.25) is 5.02 Å². The highest BCUT2D eigenvalue weighted by atomic mass is 35.5. The predicted octanol–water partition coefficient (Wildman–Crippen LogP) is 3.97. The van der Waals surface area contributed by atoms with E-state index in [-0.39, 0.29) is 5.75 Å². The molecule has 0 unspecified atom stereocenters. The van der Waals surface area contributed by atoms with Crippen molar-refractivity contribution in [1.82, 2.24) is 0 Å². The van der Waals surface area contributed by atoms with Crippen molar-refractivity contribution in [2.45, 2.75) is 6.92 Å². The molecule has 0 bridgehead atoms.